The normalized spacial score (nSPS) is 12.0. The predicted molar refractivity (Wildman–Crippen MR) is 102 cm³/mol. The van der Waals surface area contributed by atoms with Crippen LogP contribution in [0.4, 0.5) is 5.69 Å². The molecule has 2 aromatic rings. The van der Waals surface area contributed by atoms with Gasteiger partial charge < -0.3 is 14.8 Å². The number of ether oxygens (including phenoxy) is 2. The summed E-state index contributed by atoms with van der Waals surface area (Å²) in [6.45, 7) is 2.92. The van der Waals surface area contributed by atoms with Crippen molar-refractivity contribution >= 4 is 29.2 Å². The van der Waals surface area contributed by atoms with Crippen LogP contribution in [0.2, 0.25) is 5.02 Å². The van der Waals surface area contributed by atoms with E-state index in [0.29, 0.717) is 17.0 Å². The van der Waals surface area contributed by atoms with Crippen molar-refractivity contribution in [2.45, 2.75) is 26.1 Å². The Kier molecular flexibility index (Phi) is 6.97. The summed E-state index contributed by atoms with van der Waals surface area (Å²) in [7, 11) is 0. The molecular weight excluding hydrogens is 382 g/mol. The average Bonchev–Trinajstić information content (AvgIpc) is 2.68. The van der Waals surface area contributed by atoms with Gasteiger partial charge in [0.05, 0.1) is 22.2 Å². The van der Waals surface area contributed by atoms with Crippen LogP contribution in [-0.2, 0) is 14.3 Å². The number of carbonyl (C=O) groups excluding carboxylic acids is 2. The van der Waals surface area contributed by atoms with E-state index in [1.54, 1.807) is 24.3 Å². The molecule has 0 spiro atoms. The number of hydrogen-bond acceptors (Lipinski definition) is 6. The Morgan fingerprint density at radius 2 is 1.71 bits per heavy atom. The maximum Gasteiger partial charge on any atom is 0.347 e. The molecule has 0 unspecified atom stereocenters. The van der Waals surface area contributed by atoms with E-state index in [1.807, 2.05) is 12.1 Å². The van der Waals surface area contributed by atoms with Crippen molar-refractivity contribution in [3.05, 3.63) is 58.6 Å². The first-order valence-electron chi connectivity index (χ1n) is 8.22. The van der Waals surface area contributed by atoms with E-state index in [-0.39, 0.29) is 10.6 Å². The number of hydrogen-bond donors (Lipinski definition) is 1. The van der Waals surface area contributed by atoms with Crippen molar-refractivity contribution in [1.82, 2.24) is 0 Å². The first-order valence-corrected chi connectivity index (χ1v) is 8.59. The molecule has 142 valence electrons. The van der Waals surface area contributed by atoms with Crippen LogP contribution in [0.3, 0.4) is 0 Å². The van der Waals surface area contributed by atoms with Crippen LogP contribution in [0.1, 0.15) is 25.0 Å². The fraction of sp³-hybridized carbons (Fsp3) is 0.200. The molecule has 28 heavy (non-hydrogen) atoms. The summed E-state index contributed by atoms with van der Waals surface area (Å²) < 4.78 is 10.6. The number of benzene rings is 2. The van der Waals surface area contributed by atoms with Gasteiger partial charge in [0, 0.05) is 5.69 Å². The molecule has 1 N–H and O–H groups in total. The molecule has 0 saturated heterocycles. The van der Waals surface area contributed by atoms with Gasteiger partial charge in [-0.25, -0.2) is 4.79 Å². The fourth-order valence-corrected chi connectivity index (χ4v) is 2.33. The second kappa shape index (κ2) is 9.40. The van der Waals surface area contributed by atoms with Crippen LogP contribution < -0.4 is 10.1 Å². The molecule has 7 nitrogen and oxygen atoms in total. The van der Waals surface area contributed by atoms with Crippen LogP contribution in [0.25, 0.3) is 0 Å². The average molecular weight is 398 g/mol. The minimum Gasteiger partial charge on any atom is -0.479 e. The van der Waals surface area contributed by atoms with Gasteiger partial charge in [0.1, 0.15) is 11.8 Å². The molecule has 1 amide bonds. The highest BCUT2D eigenvalue weighted by molar-refractivity contribution is 6.32. The molecule has 2 aromatic carbocycles. The van der Waals surface area contributed by atoms with Crippen molar-refractivity contribution in [2.24, 2.45) is 0 Å². The maximum absolute atomic E-state index is 12.2. The van der Waals surface area contributed by atoms with Crippen molar-refractivity contribution < 1.29 is 19.1 Å². The minimum atomic E-state index is -1.08. The molecular formula is C20H16ClN3O4. The van der Waals surface area contributed by atoms with Crippen LogP contribution in [0, 0.1) is 22.7 Å². The molecule has 0 aromatic heterocycles. The number of halogens is 1. The van der Waals surface area contributed by atoms with E-state index in [9.17, 15) is 9.59 Å². The summed E-state index contributed by atoms with van der Waals surface area (Å²) in [6, 6.07) is 14.6. The van der Waals surface area contributed by atoms with E-state index in [0.717, 1.165) is 0 Å². The molecule has 2 atom stereocenters. The van der Waals surface area contributed by atoms with Crippen LogP contribution in [0.15, 0.2) is 42.5 Å². The van der Waals surface area contributed by atoms with Crippen LogP contribution >= 0.6 is 11.6 Å². The Bertz CT molecular complexity index is 961. The number of nitrogens with zero attached hydrogens (tertiary/aromatic N) is 2. The Morgan fingerprint density at radius 1 is 1.04 bits per heavy atom. The quantitative estimate of drug-likeness (QED) is 0.747. The highest BCUT2D eigenvalue weighted by Gasteiger charge is 2.23. The number of anilines is 1. The summed E-state index contributed by atoms with van der Waals surface area (Å²) in [5.74, 6) is -0.877. The fourth-order valence-electron chi connectivity index (χ4n) is 2.11. The van der Waals surface area contributed by atoms with Gasteiger partial charge in [-0.3, -0.25) is 4.79 Å². The van der Waals surface area contributed by atoms with Gasteiger partial charge >= 0.3 is 5.97 Å². The highest BCUT2D eigenvalue weighted by atomic mass is 35.5. The van der Waals surface area contributed by atoms with Gasteiger partial charge in [0.2, 0.25) is 0 Å². The number of nitriles is 2. The second-order valence-corrected chi connectivity index (χ2v) is 6.18. The number of amides is 1. The SMILES string of the molecule is C[C@H](OC(=O)[C@H](C)Oc1ccc(C#N)cc1)C(=O)Nc1ccc(C#N)c(Cl)c1. The second-order valence-electron chi connectivity index (χ2n) is 5.77. The molecule has 0 heterocycles. The lowest BCUT2D eigenvalue weighted by atomic mass is 10.2. The lowest BCUT2D eigenvalue weighted by Gasteiger charge is -2.18. The predicted octanol–water partition coefficient (Wildman–Crippen LogP) is 3.42. The van der Waals surface area contributed by atoms with Crippen LogP contribution in [0.5, 0.6) is 5.75 Å². The third-order valence-corrected chi connectivity index (χ3v) is 3.96. The van der Waals surface area contributed by atoms with Gasteiger partial charge in [0.25, 0.3) is 5.91 Å². The Hall–Kier alpha value is -3.55. The summed E-state index contributed by atoms with van der Waals surface area (Å²) in [5.41, 5.74) is 1.13. The third-order valence-electron chi connectivity index (χ3n) is 3.65. The van der Waals surface area contributed by atoms with E-state index in [2.05, 4.69) is 5.32 Å². The lowest BCUT2D eigenvalue weighted by molar-refractivity contribution is -0.159. The van der Waals surface area contributed by atoms with E-state index in [4.69, 9.17) is 31.6 Å². The Morgan fingerprint density at radius 3 is 2.29 bits per heavy atom. The first kappa shape index (κ1) is 20.8. The number of nitrogens with one attached hydrogen (secondary N) is 1. The number of esters is 1. The molecule has 0 saturated carbocycles. The van der Waals surface area contributed by atoms with E-state index in [1.165, 1.54) is 32.0 Å². The molecule has 0 radical (unpaired) electrons. The zero-order chi connectivity index (χ0) is 20.7. The van der Waals surface area contributed by atoms with Gasteiger partial charge in [-0.15, -0.1) is 0 Å². The summed E-state index contributed by atoms with van der Waals surface area (Å²) in [4.78, 5) is 24.3. The zero-order valence-electron chi connectivity index (χ0n) is 15.1. The lowest BCUT2D eigenvalue weighted by Crippen LogP contribution is -2.35. The zero-order valence-corrected chi connectivity index (χ0v) is 15.9. The molecule has 2 rings (SSSR count). The molecule has 0 aliphatic heterocycles. The van der Waals surface area contributed by atoms with Crippen molar-refractivity contribution in [3.63, 3.8) is 0 Å². The van der Waals surface area contributed by atoms with Crippen molar-refractivity contribution in [1.29, 1.82) is 10.5 Å². The monoisotopic (exact) mass is 397 g/mol. The van der Waals surface area contributed by atoms with Crippen LogP contribution in [-0.4, -0.2) is 24.1 Å². The molecule has 0 fully saturated rings. The number of carbonyl (C=O) groups is 2. The molecule has 8 heteroatoms. The summed E-state index contributed by atoms with van der Waals surface area (Å²) >= 11 is 5.92. The van der Waals surface area contributed by atoms with Crippen molar-refractivity contribution in [3.8, 4) is 17.9 Å². The van der Waals surface area contributed by atoms with Gasteiger partial charge in [-0.05, 0) is 56.3 Å². The Balaban J connectivity index is 1.91. The van der Waals surface area contributed by atoms with Gasteiger partial charge in [-0.2, -0.15) is 10.5 Å². The smallest absolute Gasteiger partial charge is 0.347 e. The third kappa shape index (κ3) is 5.47. The van der Waals surface area contributed by atoms with Gasteiger partial charge in [0.15, 0.2) is 12.2 Å². The molecule has 0 bridgehead atoms. The van der Waals surface area contributed by atoms with Gasteiger partial charge in [-0.1, -0.05) is 11.6 Å². The number of rotatable bonds is 6. The van der Waals surface area contributed by atoms with E-state index < -0.39 is 24.1 Å². The maximum atomic E-state index is 12.2. The molecule has 0 aliphatic carbocycles. The Labute approximate surface area is 167 Å². The summed E-state index contributed by atoms with van der Waals surface area (Å²) in [6.07, 6.45) is -2.03. The molecule has 0 aliphatic rings. The largest absolute Gasteiger partial charge is 0.479 e. The highest BCUT2D eigenvalue weighted by Crippen LogP contribution is 2.20. The minimum absolute atomic E-state index is 0.203. The van der Waals surface area contributed by atoms with Crippen molar-refractivity contribution in [2.75, 3.05) is 5.32 Å². The standard InChI is InChI=1S/C20H16ClN3O4/c1-12(19(25)24-16-6-5-15(11-23)18(21)9-16)28-20(26)13(2)27-17-7-3-14(10-22)4-8-17/h3-9,12-13H,1-2H3,(H,24,25)/t12-,13-/m0/s1. The topological polar surface area (TPSA) is 112 Å². The van der Waals surface area contributed by atoms with E-state index >= 15 is 0 Å². The summed E-state index contributed by atoms with van der Waals surface area (Å²) in [5, 5.41) is 20.4. The first-order chi connectivity index (χ1) is 13.3.